The molecule has 4 aromatic rings. The number of hydrogen-bond donors (Lipinski definition) is 3. The average Bonchev–Trinajstić information content (AvgIpc) is 3.38. The van der Waals surface area contributed by atoms with Gasteiger partial charge in [-0.1, -0.05) is 12.1 Å². The van der Waals surface area contributed by atoms with Crippen molar-refractivity contribution in [1.29, 1.82) is 0 Å². The van der Waals surface area contributed by atoms with Gasteiger partial charge >= 0.3 is 0 Å². The first-order valence-corrected chi connectivity index (χ1v) is 15.6. The molecule has 1 aromatic heterocycles. The second-order valence-electron chi connectivity index (χ2n) is 9.68. The monoisotopic (exact) mass is 603 g/mol. The van der Waals surface area contributed by atoms with Crippen molar-refractivity contribution in [3.8, 4) is 38.0 Å². The molecule has 3 N–H and O–H groups in total. The summed E-state index contributed by atoms with van der Waals surface area (Å²) in [7, 11) is 1.15. The van der Waals surface area contributed by atoms with Crippen molar-refractivity contribution in [2.75, 3.05) is 38.0 Å². The molecule has 0 aliphatic rings. The highest BCUT2D eigenvalue weighted by molar-refractivity contribution is 7.49. The molecule has 40 heavy (non-hydrogen) atoms. The Morgan fingerprint density at radius 3 is 1.82 bits per heavy atom. The SMILES string of the molecule is Cc1cc(C)c(O)c(-c2nc(-c3ccc(N(C)C)cc3[PH](=O)OO)c(-c3ccc(N(C)C)cc3[PH](=O)OO)s2)c1. The Kier molecular flexibility index (Phi) is 9.17. The number of thiazole rings is 1. The highest BCUT2D eigenvalue weighted by atomic mass is 32.1. The zero-order valence-electron chi connectivity index (χ0n) is 22.8. The van der Waals surface area contributed by atoms with Crippen molar-refractivity contribution in [3.63, 3.8) is 0 Å². The van der Waals surface area contributed by atoms with Gasteiger partial charge in [-0.2, -0.15) is 9.35 Å². The fourth-order valence-electron chi connectivity index (χ4n) is 4.38. The smallest absolute Gasteiger partial charge is 0.253 e. The van der Waals surface area contributed by atoms with E-state index >= 15 is 0 Å². The molecule has 0 radical (unpaired) electrons. The summed E-state index contributed by atoms with van der Waals surface area (Å²) in [5.74, 6) is 0.0725. The minimum atomic E-state index is -3.09. The Balaban J connectivity index is 2.10. The normalized spacial score (nSPS) is 12.8. The van der Waals surface area contributed by atoms with E-state index in [0.29, 0.717) is 37.8 Å². The molecule has 0 saturated heterocycles. The number of hydrogen-bond acceptors (Lipinski definition) is 11. The van der Waals surface area contributed by atoms with Gasteiger partial charge < -0.3 is 14.9 Å². The van der Waals surface area contributed by atoms with Crippen molar-refractivity contribution in [3.05, 3.63) is 59.7 Å². The van der Waals surface area contributed by atoms with Gasteiger partial charge in [-0.3, -0.25) is 9.13 Å². The van der Waals surface area contributed by atoms with E-state index in [1.54, 1.807) is 31.2 Å². The molecular weight excluding hydrogens is 572 g/mol. The molecule has 0 fully saturated rings. The van der Waals surface area contributed by atoms with E-state index < -0.39 is 16.1 Å². The molecule has 2 unspecified atom stereocenters. The highest BCUT2D eigenvalue weighted by Crippen LogP contribution is 2.46. The van der Waals surface area contributed by atoms with Gasteiger partial charge in [0.15, 0.2) is 0 Å². The highest BCUT2D eigenvalue weighted by Gasteiger charge is 2.26. The predicted molar refractivity (Wildman–Crippen MR) is 163 cm³/mol. The van der Waals surface area contributed by atoms with Gasteiger partial charge in [0, 0.05) is 61.3 Å². The number of benzene rings is 3. The lowest BCUT2D eigenvalue weighted by molar-refractivity contribution is -0.128. The summed E-state index contributed by atoms with van der Waals surface area (Å²) in [5, 5.41) is 30.6. The minimum Gasteiger partial charge on any atom is -0.507 e. The maximum absolute atomic E-state index is 12.9. The van der Waals surface area contributed by atoms with E-state index in [-0.39, 0.29) is 16.4 Å². The van der Waals surface area contributed by atoms with Crippen LogP contribution in [0.4, 0.5) is 11.4 Å². The largest absolute Gasteiger partial charge is 0.507 e. The Hall–Kier alpha value is -3.01. The summed E-state index contributed by atoms with van der Waals surface area (Å²) < 4.78 is 34.5. The Morgan fingerprint density at radius 1 is 0.775 bits per heavy atom. The molecule has 13 heteroatoms. The fourth-order valence-corrected chi connectivity index (χ4v) is 7.19. The zero-order valence-corrected chi connectivity index (χ0v) is 25.7. The summed E-state index contributed by atoms with van der Waals surface area (Å²) in [6.07, 6.45) is 0. The first-order chi connectivity index (χ1) is 19.0. The number of aryl methyl sites for hydroxylation is 2. The second-order valence-corrected chi connectivity index (χ2v) is 13.3. The Bertz CT molecular complexity index is 1530. The number of aromatic nitrogens is 1. The van der Waals surface area contributed by atoms with Crippen LogP contribution in [0.5, 0.6) is 5.75 Å². The lowest BCUT2D eigenvalue weighted by atomic mass is 10.0. The van der Waals surface area contributed by atoms with Crippen LogP contribution in [-0.4, -0.2) is 48.8 Å². The molecule has 10 nitrogen and oxygen atoms in total. The third-order valence-electron chi connectivity index (χ3n) is 6.45. The van der Waals surface area contributed by atoms with Gasteiger partial charge in [-0.15, -0.1) is 11.3 Å². The number of anilines is 2. The molecule has 0 saturated carbocycles. The third kappa shape index (κ3) is 5.87. The average molecular weight is 604 g/mol. The van der Waals surface area contributed by atoms with Gasteiger partial charge in [-0.05, 0) is 61.4 Å². The van der Waals surface area contributed by atoms with Crippen LogP contribution in [-0.2, 0) is 18.5 Å². The maximum Gasteiger partial charge on any atom is 0.253 e. The van der Waals surface area contributed by atoms with Gasteiger partial charge in [0.1, 0.15) is 10.8 Å². The molecule has 4 rings (SSSR count). The van der Waals surface area contributed by atoms with Crippen LogP contribution in [0.2, 0.25) is 0 Å². The second kappa shape index (κ2) is 12.2. The first-order valence-electron chi connectivity index (χ1n) is 12.1. The number of rotatable bonds is 9. The predicted octanol–water partition coefficient (Wildman–Crippen LogP) is 5.78. The topological polar surface area (TPSA) is 133 Å². The van der Waals surface area contributed by atoms with Crippen LogP contribution >= 0.6 is 27.4 Å². The molecule has 1 heterocycles. The van der Waals surface area contributed by atoms with Crippen molar-refractivity contribution in [1.82, 2.24) is 4.98 Å². The molecule has 3 aromatic carbocycles. The van der Waals surface area contributed by atoms with Crippen molar-refractivity contribution >= 4 is 49.4 Å². The molecule has 0 spiro atoms. The number of phenols is 1. The standard InChI is InChI=1S/C27H31N3O7P2S/c1-15-11-16(2)25(31)21(12-15)27-28-24(19-9-7-17(29(3)4)13-22(19)38(34)36-32)26(40-27)20-10-8-18(30(5)6)14-23(20)39(35)37-33/h7-14,31-33,38-39H,1-6H3. The Labute approximate surface area is 237 Å². The van der Waals surface area contributed by atoms with Crippen LogP contribution in [0, 0.1) is 13.8 Å². The quantitative estimate of drug-likeness (QED) is 0.123. The summed E-state index contributed by atoms with van der Waals surface area (Å²) in [5.41, 5.74) is 4.86. The number of nitrogens with zero attached hydrogens (tertiary/aromatic N) is 3. The van der Waals surface area contributed by atoms with Gasteiger partial charge in [-0.25, -0.2) is 15.5 Å². The van der Waals surface area contributed by atoms with E-state index in [0.717, 1.165) is 16.9 Å². The van der Waals surface area contributed by atoms with Crippen molar-refractivity contribution in [2.24, 2.45) is 0 Å². The molecule has 0 amide bonds. The van der Waals surface area contributed by atoms with Crippen LogP contribution < -0.4 is 20.4 Å². The molecule has 0 bridgehead atoms. The lowest BCUT2D eigenvalue weighted by Gasteiger charge is -2.17. The van der Waals surface area contributed by atoms with Crippen molar-refractivity contribution in [2.45, 2.75) is 13.8 Å². The van der Waals surface area contributed by atoms with Gasteiger partial charge in [0.2, 0.25) is 0 Å². The third-order valence-corrected chi connectivity index (χ3v) is 9.61. The maximum atomic E-state index is 12.9. The van der Waals surface area contributed by atoms with Crippen LogP contribution in [0.1, 0.15) is 11.1 Å². The number of phenolic OH excluding ortho intramolecular Hbond substituents is 1. The van der Waals surface area contributed by atoms with Crippen LogP contribution in [0.25, 0.3) is 32.3 Å². The molecule has 2 atom stereocenters. The minimum absolute atomic E-state index is 0.0725. The molecule has 0 aliphatic heterocycles. The molecular formula is C27H31N3O7P2S. The van der Waals surface area contributed by atoms with E-state index in [2.05, 4.69) is 9.35 Å². The van der Waals surface area contributed by atoms with E-state index in [1.165, 1.54) is 11.3 Å². The van der Waals surface area contributed by atoms with E-state index in [1.807, 2.05) is 69.2 Å². The Morgan fingerprint density at radius 2 is 1.30 bits per heavy atom. The van der Waals surface area contributed by atoms with E-state index in [9.17, 15) is 24.8 Å². The zero-order chi connectivity index (χ0) is 29.3. The fraction of sp³-hybridized carbons (Fsp3) is 0.222. The van der Waals surface area contributed by atoms with Crippen LogP contribution in [0.3, 0.4) is 0 Å². The summed E-state index contributed by atoms with van der Waals surface area (Å²) in [4.78, 5) is 9.08. The van der Waals surface area contributed by atoms with Gasteiger partial charge in [0.25, 0.3) is 16.1 Å². The number of aromatic hydroxyl groups is 1. The molecule has 212 valence electrons. The summed E-state index contributed by atoms with van der Waals surface area (Å²) in [6, 6.07) is 14.1. The van der Waals surface area contributed by atoms with Crippen LogP contribution in [0.15, 0.2) is 48.5 Å². The van der Waals surface area contributed by atoms with Crippen molar-refractivity contribution < 1.29 is 34.1 Å². The first kappa shape index (κ1) is 30.0. The van der Waals surface area contributed by atoms with Gasteiger partial charge in [0.05, 0.1) is 16.1 Å². The lowest BCUT2D eigenvalue weighted by Crippen LogP contribution is -2.13. The van der Waals surface area contributed by atoms with E-state index in [4.69, 9.17) is 4.98 Å². The molecule has 0 aliphatic carbocycles. The summed E-state index contributed by atoms with van der Waals surface area (Å²) >= 11 is 1.24. The summed E-state index contributed by atoms with van der Waals surface area (Å²) in [6.45, 7) is 3.71.